The van der Waals surface area contributed by atoms with Gasteiger partial charge in [0.2, 0.25) is 0 Å². The number of hydrogen-bond acceptors (Lipinski definition) is 3. The van der Waals surface area contributed by atoms with E-state index in [4.69, 9.17) is 10.4 Å². The lowest BCUT2D eigenvalue weighted by Gasteiger charge is -2.20. The zero-order chi connectivity index (χ0) is 13.1. The Morgan fingerprint density at radius 2 is 2.24 bits per heavy atom. The van der Waals surface area contributed by atoms with Crippen LogP contribution in [0.4, 0.5) is 5.69 Å². The van der Waals surface area contributed by atoms with Crippen LogP contribution in [-0.2, 0) is 4.79 Å². The van der Waals surface area contributed by atoms with Crippen molar-refractivity contribution >= 4 is 27.6 Å². The summed E-state index contributed by atoms with van der Waals surface area (Å²) in [7, 11) is 0. The molecule has 1 aromatic carbocycles. The van der Waals surface area contributed by atoms with Gasteiger partial charge in [-0.05, 0) is 48.0 Å². The van der Waals surface area contributed by atoms with Crippen LogP contribution in [0.5, 0.6) is 0 Å². The Labute approximate surface area is 108 Å². The van der Waals surface area contributed by atoms with Crippen LogP contribution < -0.4 is 5.32 Å². The van der Waals surface area contributed by atoms with Crippen LogP contribution in [-0.4, -0.2) is 17.6 Å². The maximum absolute atomic E-state index is 10.9. The molecule has 17 heavy (non-hydrogen) atoms. The van der Waals surface area contributed by atoms with E-state index < -0.39 is 11.4 Å². The van der Waals surface area contributed by atoms with Gasteiger partial charge in [-0.15, -0.1) is 0 Å². The number of nitrogens with one attached hydrogen (secondary N) is 1. The molecule has 0 saturated carbocycles. The lowest BCUT2D eigenvalue weighted by molar-refractivity contribution is -0.146. The van der Waals surface area contributed by atoms with E-state index in [-0.39, 0.29) is 0 Å². The van der Waals surface area contributed by atoms with Crippen molar-refractivity contribution < 1.29 is 9.90 Å². The first-order valence-electron chi connectivity index (χ1n) is 5.04. The number of carboxylic acid groups (broad SMARTS) is 1. The minimum atomic E-state index is -0.849. The molecule has 0 saturated heterocycles. The van der Waals surface area contributed by atoms with E-state index in [1.807, 2.05) is 6.07 Å². The first-order valence-corrected chi connectivity index (χ1v) is 5.83. The molecule has 0 bridgehead atoms. The number of rotatable bonds is 4. The molecule has 5 heteroatoms. The number of anilines is 1. The molecule has 0 aliphatic carbocycles. The van der Waals surface area contributed by atoms with Crippen molar-refractivity contribution in [3.63, 3.8) is 0 Å². The number of aliphatic carboxylic acids is 1. The number of carbonyl (C=O) groups is 1. The summed E-state index contributed by atoms with van der Waals surface area (Å²) in [5.41, 5.74) is 0.499. The number of halogens is 1. The fraction of sp³-hybridized carbons (Fsp3) is 0.333. The maximum atomic E-state index is 10.9. The zero-order valence-corrected chi connectivity index (χ0v) is 11.2. The van der Waals surface area contributed by atoms with Crippen LogP contribution in [0.15, 0.2) is 22.7 Å². The highest BCUT2D eigenvalue weighted by Gasteiger charge is 2.26. The van der Waals surface area contributed by atoms with E-state index in [0.717, 1.165) is 5.69 Å². The van der Waals surface area contributed by atoms with Gasteiger partial charge in [0, 0.05) is 16.7 Å². The summed E-state index contributed by atoms with van der Waals surface area (Å²) in [6, 6.07) is 7.24. The molecule has 0 amide bonds. The lowest BCUT2D eigenvalue weighted by atomic mass is 9.94. The Balaban J connectivity index is 2.75. The Morgan fingerprint density at radius 1 is 1.59 bits per heavy atom. The fourth-order valence-corrected chi connectivity index (χ4v) is 1.58. The van der Waals surface area contributed by atoms with Crippen molar-refractivity contribution in [1.82, 2.24) is 0 Å². The summed E-state index contributed by atoms with van der Waals surface area (Å²) in [6.07, 6.45) is 0. The van der Waals surface area contributed by atoms with E-state index in [2.05, 4.69) is 21.2 Å². The van der Waals surface area contributed by atoms with Crippen LogP contribution in [0.25, 0.3) is 0 Å². The number of nitriles is 1. The summed E-state index contributed by atoms with van der Waals surface area (Å²) in [6.45, 7) is 3.63. The van der Waals surface area contributed by atoms with Crippen molar-refractivity contribution in [2.24, 2.45) is 5.41 Å². The van der Waals surface area contributed by atoms with Crippen LogP contribution in [0, 0.1) is 16.7 Å². The van der Waals surface area contributed by atoms with Crippen molar-refractivity contribution in [1.29, 1.82) is 5.26 Å². The highest BCUT2D eigenvalue weighted by Crippen LogP contribution is 2.22. The summed E-state index contributed by atoms with van der Waals surface area (Å²) in [4.78, 5) is 10.9. The molecule has 0 spiro atoms. The molecular formula is C12H13BrN2O2. The van der Waals surface area contributed by atoms with E-state index in [1.165, 1.54) is 0 Å². The van der Waals surface area contributed by atoms with E-state index in [0.29, 0.717) is 16.6 Å². The molecule has 1 aromatic rings. The predicted octanol–water partition coefficient (Wildman–Crippen LogP) is 2.84. The number of hydrogen-bond donors (Lipinski definition) is 2. The van der Waals surface area contributed by atoms with E-state index in [1.54, 1.807) is 32.0 Å². The van der Waals surface area contributed by atoms with Crippen LogP contribution in [0.2, 0.25) is 0 Å². The first kappa shape index (κ1) is 13.5. The molecule has 2 N–H and O–H groups in total. The Hall–Kier alpha value is -1.54. The van der Waals surface area contributed by atoms with Gasteiger partial charge in [0.25, 0.3) is 0 Å². The Bertz CT molecular complexity index is 478. The molecule has 4 nitrogen and oxygen atoms in total. The van der Waals surface area contributed by atoms with Crippen molar-refractivity contribution in [3.8, 4) is 6.07 Å². The molecule has 0 aromatic heterocycles. The second-order valence-corrected chi connectivity index (χ2v) is 5.20. The van der Waals surface area contributed by atoms with E-state index in [9.17, 15) is 4.79 Å². The summed E-state index contributed by atoms with van der Waals surface area (Å²) < 4.78 is 0.693. The minimum Gasteiger partial charge on any atom is -0.481 e. The SMILES string of the molecule is CC(C)(CNc1ccc(C#N)c(Br)c1)C(=O)O. The monoisotopic (exact) mass is 296 g/mol. The van der Waals surface area contributed by atoms with Gasteiger partial charge in [0.1, 0.15) is 6.07 Å². The molecule has 0 unspecified atom stereocenters. The van der Waals surface area contributed by atoms with Gasteiger partial charge < -0.3 is 10.4 Å². The molecule has 0 heterocycles. The number of carboxylic acids is 1. The van der Waals surface area contributed by atoms with Gasteiger partial charge in [0.05, 0.1) is 11.0 Å². The molecule has 0 aliphatic rings. The predicted molar refractivity (Wildman–Crippen MR) is 68.8 cm³/mol. The molecule has 1 rings (SSSR count). The third-order valence-electron chi connectivity index (χ3n) is 2.40. The lowest BCUT2D eigenvalue weighted by Crippen LogP contribution is -2.31. The van der Waals surface area contributed by atoms with Crippen molar-refractivity contribution in [2.45, 2.75) is 13.8 Å². The second-order valence-electron chi connectivity index (χ2n) is 4.35. The Kier molecular flexibility index (Phi) is 4.13. The highest BCUT2D eigenvalue weighted by molar-refractivity contribution is 9.10. The molecule has 90 valence electrons. The van der Waals surface area contributed by atoms with Gasteiger partial charge in [-0.3, -0.25) is 4.79 Å². The van der Waals surface area contributed by atoms with Gasteiger partial charge in [-0.1, -0.05) is 0 Å². The first-order chi connectivity index (χ1) is 7.86. The van der Waals surface area contributed by atoms with Crippen LogP contribution in [0.3, 0.4) is 0 Å². The smallest absolute Gasteiger partial charge is 0.310 e. The fourth-order valence-electron chi connectivity index (χ4n) is 1.11. The topological polar surface area (TPSA) is 73.1 Å². The van der Waals surface area contributed by atoms with E-state index >= 15 is 0 Å². The molecular weight excluding hydrogens is 284 g/mol. The summed E-state index contributed by atoms with van der Waals surface area (Å²) in [5.74, 6) is -0.849. The molecule has 0 radical (unpaired) electrons. The number of nitrogens with zero attached hydrogens (tertiary/aromatic N) is 1. The van der Waals surface area contributed by atoms with Crippen LogP contribution >= 0.6 is 15.9 Å². The minimum absolute atomic E-state index is 0.320. The summed E-state index contributed by atoms with van der Waals surface area (Å²) in [5, 5.41) is 20.8. The van der Waals surface area contributed by atoms with Gasteiger partial charge in [-0.2, -0.15) is 5.26 Å². The van der Waals surface area contributed by atoms with Gasteiger partial charge in [0.15, 0.2) is 0 Å². The standard InChI is InChI=1S/C12H13BrN2O2/c1-12(2,11(16)17)7-15-9-4-3-8(6-14)10(13)5-9/h3-5,15H,7H2,1-2H3,(H,16,17). The average Bonchev–Trinajstić information content (AvgIpc) is 2.26. The normalized spacial score (nSPS) is 10.7. The summed E-state index contributed by atoms with van der Waals surface area (Å²) >= 11 is 3.28. The molecule has 0 fully saturated rings. The van der Waals surface area contributed by atoms with Gasteiger partial charge in [-0.25, -0.2) is 0 Å². The quantitative estimate of drug-likeness (QED) is 0.896. The second kappa shape index (κ2) is 5.19. The Morgan fingerprint density at radius 3 is 2.71 bits per heavy atom. The van der Waals surface area contributed by atoms with Crippen molar-refractivity contribution in [3.05, 3.63) is 28.2 Å². The third kappa shape index (κ3) is 3.46. The average molecular weight is 297 g/mol. The highest BCUT2D eigenvalue weighted by atomic mass is 79.9. The van der Waals surface area contributed by atoms with Gasteiger partial charge >= 0.3 is 5.97 Å². The van der Waals surface area contributed by atoms with Crippen LogP contribution in [0.1, 0.15) is 19.4 Å². The maximum Gasteiger partial charge on any atom is 0.310 e. The third-order valence-corrected chi connectivity index (χ3v) is 3.06. The molecule has 0 atom stereocenters. The number of benzene rings is 1. The largest absolute Gasteiger partial charge is 0.481 e. The molecule has 0 aliphatic heterocycles. The zero-order valence-electron chi connectivity index (χ0n) is 9.62. The van der Waals surface area contributed by atoms with Crippen molar-refractivity contribution in [2.75, 3.05) is 11.9 Å².